The molecule has 1 aromatic rings. The van der Waals surface area contributed by atoms with E-state index in [-0.39, 0.29) is 11.9 Å². The number of aliphatic imine (C=N–C) groups is 1. The van der Waals surface area contributed by atoms with E-state index in [0.29, 0.717) is 12.5 Å². The number of halogens is 1. The Morgan fingerprint density at radius 1 is 1.33 bits per heavy atom. The average Bonchev–Trinajstić information content (AvgIpc) is 2.97. The Kier molecular flexibility index (Phi) is 7.85. The van der Waals surface area contributed by atoms with Gasteiger partial charge in [-0.1, -0.05) is 12.5 Å². The van der Waals surface area contributed by atoms with Gasteiger partial charge in [0.1, 0.15) is 5.82 Å². The Labute approximate surface area is 148 Å². The molecule has 0 aromatic heterocycles. The first kappa shape index (κ1) is 19.1. The van der Waals surface area contributed by atoms with Crippen LogP contribution in [0.4, 0.5) is 4.39 Å². The van der Waals surface area contributed by atoms with E-state index >= 15 is 0 Å². The molecule has 134 valence electrons. The van der Waals surface area contributed by atoms with Gasteiger partial charge in [-0.05, 0) is 49.3 Å². The van der Waals surface area contributed by atoms with Crippen LogP contribution < -0.4 is 10.6 Å². The van der Waals surface area contributed by atoms with Crippen molar-refractivity contribution in [1.29, 1.82) is 0 Å². The minimum atomic E-state index is -0.203. The number of hydrogen-bond donors (Lipinski definition) is 3. The van der Waals surface area contributed by atoms with Crippen molar-refractivity contribution in [3.05, 3.63) is 35.1 Å². The molecule has 1 fully saturated rings. The molecule has 6 heteroatoms. The van der Waals surface area contributed by atoms with Gasteiger partial charge in [0.2, 0.25) is 0 Å². The number of guanidine groups is 1. The van der Waals surface area contributed by atoms with Gasteiger partial charge in [-0.3, -0.25) is 0 Å². The molecular formula is C18H28FN3OS. The van der Waals surface area contributed by atoms with Crippen LogP contribution in [0, 0.1) is 11.7 Å². The molecule has 0 radical (unpaired) electrons. The van der Waals surface area contributed by atoms with Crippen LogP contribution in [0.3, 0.4) is 0 Å². The van der Waals surface area contributed by atoms with Crippen molar-refractivity contribution in [2.75, 3.05) is 19.3 Å². The third-order valence-electron chi connectivity index (χ3n) is 4.37. The third-order valence-corrected chi connectivity index (χ3v) is 4.97. The van der Waals surface area contributed by atoms with Crippen molar-refractivity contribution in [3.8, 4) is 0 Å². The predicted molar refractivity (Wildman–Crippen MR) is 99.8 cm³/mol. The molecule has 0 aliphatic heterocycles. The van der Waals surface area contributed by atoms with E-state index in [4.69, 9.17) is 0 Å². The first-order valence-corrected chi connectivity index (χ1v) is 10.00. The van der Waals surface area contributed by atoms with Gasteiger partial charge in [0.15, 0.2) is 5.96 Å². The van der Waals surface area contributed by atoms with Gasteiger partial charge in [-0.15, -0.1) is 0 Å². The molecule has 2 unspecified atom stereocenters. The lowest BCUT2D eigenvalue weighted by Gasteiger charge is -2.18. The summed E-state index contributed by atoms with van der Waals surface area (Å²) < 4.78 is 13.4. The fourth-order valence-electron chi connectivity index (χ4n) is 3.03. The summed E-state index contributed by atoms with van der Waals surface area (Å²) in [5.74, 6) is 1.62. The lowest BCUT2D eigenvalue weighted by atomic mass is 10.1. The Bertz CT molecular complexity index is 553. The summed E-state index contributed by atoms with van der Waals surface area (Å²) in [4.78, 5) is 4.62. The Balaban J connectivity index is 1.99. The van der Waals surface area contributed by atoms with Gasteiger partial charge >= 0.3 is 0 Å². The van der Waals surface area contributed by atoms with Crippen molar-refractivity contribution < 1.29 is 9.50 Å². The third kappa shape index (κ3) is 5.67. The summed E-state index contributed by atoms with van der Waals surface area (Å²) in [6.45, 7) is 4.05. The molecule has 24 heavy (non-hydrogen) atoms. The molecule has 0 amide bonds. The van der Waals surface area contributed by atoms with E-state index < -0.39 is 0 Å². The van der Waals surface area contributed by atoms with Crippen molar-refractivity contribution in [2.45, 2.75) is 44.6 Å². The first-order valence-electron chi connectivity index (χ1n) is 8.60. The van der Waals surface area contributed by atoms with Crippen LogP contribution in [-0.4, -0.2) is 36.5 Å². The van der Waals surface area contributed by atoms with Gasteiger partial charge in [0.25, 0.3) is 0 Å². The summed E-state index contributed by atoms with van der Waals surface area (Å²) >= 11 is 1.68. The molecule has 3 N–H and O–H groups in total. The summed E-state index contributed by atoms with van der Waals surface area (Å²) in [5.41, 5.74) is 2.04. The number of aliphatic hydroxyl groups excluding tert-OH is 1. The van der Waals surface area contributed by atoms with Crippen molar-refractivity contribution in [1.82, 2.24) is 10.6 Å². The van der Waals surface area contributed by atoms with Crippen LogP contribution in [0.1, 0.15) is 37.3 Å². The largest absolute Gasteiger partial charge is 0.393 e. The summed E-state index contributed by atoms with van der Waals surface area (Å²) in [7, 11) is 0. The number of rotatable bonds is 7. The summed E-state index contributed by atoms with van der Waals surface area (Å²) in [6, 6.07) is 4.90. The van der Waals surface area contributed by atoms with E-state index in [0.717, 1.165) is 55.2 Å². The normalized spacial score (nSPS) is 21.1. The van der Waals surface area contributed by atoms with Crippen LogP contribution in [0.15, 0.2) is 23.2 Å². The molecule has 4 nitrogen and oxygen atoms in total. The minimum absolute atomic E-state index is 0.202. The number of thioether (sulfide) groups is 1. The van der Waals surface area contributed by atoms with E-state index in [1.807, 2.05) is 19.2 Å². The molecule has 0 bridgehead atoms. The molecule has 2 rings (SSSR count). The zero-order chi connectivity index (χ0) is 17.4. The Hall–Kier alpha value is -1.27. The zero-order valence-electron chi connectivity index (χ0n) is 14.5. The highest BCUT2D eigenvalue weighted by Crippen LogP contribution is 2.24. The standard InChI is InChI=1S/C18H28FN3OS/c1-3-20-18(22-11-14-5-4-6-17(14)23)21-10-13-7-8-16(19)9-15(13)12-24-2/h7-9,14,17,23H,3-6,10-12H2,1-2H3,(H2,20,21,22). The molecule has 0 saturated heterocycles. The quantitative estimate of drug-likeness (QED) is 0.521. The topological polar surface area (TPSA) is 56.7 Å². The summed E-state index contributed by atoms with van der Waals surface area (Å²) in [5, 5.41) is 16.5. The van der Waals surface area contributed by atoms with Crippen LogP contribution in [-0.2, 0) is 12.3 Å². The molecule has 1 aromatic carbocycles. The fraction of sp³-hybridized carbons (Fsp3) is 0.611. The minimum Gasteiger partial charge on any atom is -0.393 e. The maximum Gasteiger partial charge on any atom is 0.191 e. The van der Waals surface area contributed by atoms with Gasteiger partial charge in [-0.2, -0.15) is 11.8 Å². The summed E-state index contributed by atoms with van der Waals surface area (Å²) in [6.07, 6.45) is 4.85. The van der Waals surface area contributed by atoms with Gasteiger partial charge in [-0.25, -0.2) is 9.38 Å². The first-order chi connectivity index (χ1) is 11.6. The van der Waals surface area contributed by atoms with Crippen molar-refractivity contribution in [2.24, 2.45) is 10.9 Å². The second-order valence-corrected chi connectivity index (χ2v) is 7.05. The highest BCUT2D eigenvalue weighted by molar-refractivity contribution is 7.97. The van der Waals surface area contributed by atoms with Crippen molar-refractivity contribution >= 4 is 17.7 Å². The SMILES string of the molecule is CCNC(=NCc1ccc(F)cc1CSC)NCC1CCCC1O. The second-order valence-electron chi connectivity index (χ2n) is 6.18. The van der Waals surface area contributed by atoms with E-state index in [2.05, 4.69) is 15.6 Å². The molecule has 0 spiro atoms. The Morgan fingerprint density at radius 3 is 2.83 bits per heavy atom. The number of aliphatic hydroxyl groups is 1. The fourth-order valence-corrected chi connectivity index (χ4v) is 3.61. The maximum absolute atomic E-state index is 13.4. The lowest BCUT2D eigenvalue weighted by Crippen LogP contribution is -2.41. The maximum atomic E-state index is 13.4. The van der Waals surface area contributed by atoms with E-state index in [9.17, 15) is 9.50 Å². The number of nitrogens with one attached hydrogen (secondary N) is 2. The molecule has 1 aliphatic carbocycles. The number of nitrogens with zero attached hydrogens (tertiary/aromatic N) is 1. The van der Waals surface area contributed by atoms with Gasteiger partial charge in [0.05, 0.1) is 12.6 Å². The lowest BCUT2D eigenvalue weighted by molar-refractivity contribution is 0.134. The number of benzene rings is 1. The highest BCUT2D eigenvalue weighted by atomic mass is 32.2. The second kappa shape index (κ2) is 9.89. The van der Waals surface area contributed by atoms with E-state index in [1.54, 1.807) is 17.8 Å². The van der Waals surface area contributed by atoms with Crippen LogP contribution in [0.2, 0.25) is 0 Å². The highest BCUT2D eigenvalue weighted by Gasteiger charge is 2.24. The molecular weight excluding hydrogens is 325 g/mol. The van der Waals surface area contributed by atoms with Crippen LogP contribution in [0.25, 0.3) is 0 Å². The van der Waals surface area contributed by atoms with Gasteiger partial charge < -0.3 is 15.7 Å². The molecule has 1 saturated carbocycles. The zero-order valence-corrected chi connectivity index (χ0v) is 15.3. The average molecular weight is 354 g/mol. The van der Waals surface area contributed by atoms with Crippen molar-refractivity contribution in [3.63, 3.8) is 0 Å². The Morgan fingerprint density at radius 2 is 2.17 bits per heavy atom. The molecule has 1 aliphatic rings. The molecule has 2 atom stereocenters. The smallest absolute Gasteiger partial charge is 0.191 e. The van der Waals surface area contributed by atoms with Gasteiger partial charge in [0, 0.05) is 24.8 Å². The predicted octanol–water partition coefficient (Wildman–Crippen LogP) is 2.90. The monoisotopic (exact) mass is 353 g/mol. The number of hydrogen-bond acceptors (Lipinski definition) is 3. The van der Waals surface area contributed by atoms with E-state index in [1.165, 1.54) is 6.07 Å². The van der Waals surface area contributed by atoms with Crippen LogP contribution >= 0.6 is 11.8 Å². The van der Waals surface area contributed by atoms with Crippen LogP contribution in [0.5, 0.6) is 0 Å². The molecule has 0 heterocycles.